The van der Waals surface area contributed by atoms with Gasteiger partial charge in [0.2, 0.25) is 0 Å². The van der Waals surface area contributed by atoms with E-state index in [0.29, 0.717) is 72.0 Å². The van der Waals surface area contributed by atoms with Crippen molar-refractivity contribution in [1.29, 1.82) is 0 Å². The van der Waals surface area contributed by atoms with Crippen molar-refractivity contribution in [3.05, 3.63) is 46.5 Å². The van der Waals surface area contributed by atoms with Crippen molar-refractivity contribution >= 4 is 84.0 Å². The summed E-state index contributed by atoms with van der Waals surface area (Å²) in [5.41, 5.74) is 12.5. The fraction of sp³-hybridized carbons (Fsp3) is 0.533. The zero-order valence-electron chi connectivity index (χ0n) is 24.9. The van der Waals surface area contributed by atoms with Gasteiger partial charge in [-0.1, -0.05) is 0 Å². The molecule has 0 atom stereocenters. The van der Waals surface area contributed by atoms with E-state index in [1.165, 1.54) is 9.80 Å². The van der Waals surface area contributed by atoms with Gasteiger partial charge in [0.15, 0.2) is 0 Å². The van der Waals surface area contributed by atoms with Crippen LogP contribution in [0.1, 0.15) is 92.8 Å². The van der Waals surface area contributed by atoms with Gasteiger partial charge in [-0.2, -0.15) is 0 Å². The quantitative estimate of drug-likeness (QED) is 0.135. The number of carbonyl (C=O) groups excluding carboxylic acids is 4. The van der Waals surface area contributed by atoms with Gasteiger partial charge in [0.25, 0.3) is 23.6 Å². The van der Waals surface area contributed by atoms with E-state index in [1.54, 1.807) is 24.3 Å². The third-order valence-electron chi connectivity index (χ3n) is 7.65. The first-order valence-electron chi connectivity index (χ1n) is 14.6. The minimum Gasteiger partial charge on any atom is -0.330 e. The highest BCUT2D eigenvalue weighted by atomic mass is 35.5. The summed E-state index contributed by atoms with van der Waals surface area (Å²) in [6, 6.07) is 6.51. The van der Waals surface area contributed by atoms with Gasteiger partial charge in [0.05, 0.1) is 0 Å². The predicted molar refractivity (Wildman–Crippen MR) is 184 cm³/mol. The topological polar surface area (TPSA) is 151 Å². The van der Waals surface area contributed by atoms with E-state index in [2.05, 4.69) is 10.6 Å². The zero-order chi connectivity index (χ0) is 28.5. The Balaban J connectivity index is 0.00000462. The second kappa shape index (κ2) is 20.9. The largest absolute Gasteiger partial charge is 0.330 e. The molecule has 2 heterocycles. The molecule has 0 unspecified atom stereocenters. The Hall–Kier alpha value is -2.02. The molecule has 2 aliphatic rings. The predicted octanol–water partition coefficient (Wildman–Crippen LogP) is 3.94. The van der Waals surface area contributed by atoms with E-state index in [-0.39, 0.29) is 73.3 Å². The Kier molecular flexibility index (Phi) is 19.9. The van der Waals surface area contributed by atoms with Crippen LogP contribution in [0.15, 0.2) is 24.3 Å². The van der Waals surface area contributed by atoms with Crippen molar-refractivity contribution in [1.82, 2.24) is 20.4 Å². The van der Waals surface area contributed by atoms with Gasteiger partial charge in [-0.05, 0) is 115 Å². The first-order valence-corrected chi connectivity index (χ1v) is 14.6. The molecule has 2 aromatic rings. The van der Waals surface area contributed by atoms with Crippen molar-refractivity contribution in [2.75, 3.05) is 52.4 Å². The van der Waals surface area contributed by atoms with Gasteiger partial charge in [-0.3, -0.25) is 29.0 Å². The van der Waals surface area contributed by atoms with Crippen LogP contribution in [0.5, 0.6) is 0 Å². The van der Waals surface area contributed by atoms with Crippen LogP contribution in [0.25, 0.3) is 10.8 Å². The van der Waals surface area contributed by atoms with E-state index in [0.717, 1.165) is 64.7 Å². The van der Waals surface area contributed by atoms with Crippen molar-refractivity contribution < 1.29 is 19.2 Å². The molecule has 0 fully saturated rings. The summed E-state index contributed by atoms with van der Waals surface area (Å²) in [6.07, 6.45) is 7.08. The fourth-order valence-electron chi connectivity index (χ4n) is 5.46. The number of carbonyl (C=O) groups is 4. The van der Waals surface area contributed by atoms with Gasteiger partial charge < -0.3 is 22.1 Å². The molecule has 10 nitrogen and oxygen atoms in total. The van der Waals surface area contributed by atoms with E-state index < -0.39 is 0 Å². The molecule has 0 aromatic heterocycles. The summed E-state index contributed by atoms with van der Waals surface area (Å²) in [7, 11) is 0. The summed E-state index contributed by atoms with van der Waals surface area (Å²) < 4.78 is 0. The molecule has 4 rings (SSSR count). The number of nitrogens with one attached hydrogen (secondary N) is 2. The molecule has 14 heteroatoms. The maximum Gasteiger partial charge on any atom is 0.261 e. The fourth-order valence-corrected chi connectivity index (χ4v) is 5.46. The third-order valence-corrected chi connectivity index (χ3v) is 7.65. The summed E-state index contributed by atoms with van der Waals surface area (Å²) in [5.74, 6) is -1.51. The highest BCUT2D eigenvalue weighted by molar-refractivity contribution is 6.33. The second-order valence-electron chi connectivity index (χ2n) is 10.5. The molecule has 4 amide bonds. The number of nitrogens with two attached hydrogens (primary N) is 2. The van der Waals surface area contributed by atoms with Crippen LogP contribution < -0.4 is 22.1 Å². The number of nitrogens with zero attached hydrogens (tertiary/aromatic N) is 2. The molecular weight excluding hydrogens is 650 g/mol. The number of hydrogen-bond donors (Lipinski definition) is 4. The summed E-state index contributed by atoms with van der Waals surface area (Å²) in [5, 5.41) is 7.56. The SMILES string of the molecule is Cl.Cl.Cl.Cl.NCCCCNCCCCN1C(=O)c2ccc3c4c(ccc(c24)C1=O)C(=O)N(CCCCNCCCCN)C3=O. The first kappa shape index (κ1) is 42.0. The lowest BCUT2D eigenvalue weighted by Gasteiger charge is -2.32. The van der Waals surface area contributed by atoms with Gasteiger partial charge in [0, 0.05) is 46.1 Å². The van der Waals surface area contributed by atoms with E-state index in [4.69, 9.17) is 11.5 Å². The Morgan fingerprint density at radius 2 is 0.727 bits per heavy atom. The Bertz CT molecular complexity index is 1100. The molecule has 2 aromatic carbocycles. The van der Waals surface area contributed by atoms with E-state index >= 15 is 0 Å². The molecule has 0 radical (unpaired) electrons. The molecule has 0 saturated carbocycles. The van der Waals surface area contributed by atoms with Crippen molar-refractivity contribution in [3.8, 4) is 0 Å². The number of hydrogen-bond acceptors (Lipinski definition) is 8. The monoisotopic (exact) mass is 694 g/mol. The summed E-state index contributed by atoms with van der Waals surface area (Å²) >= 11 is 0. The first-order chi connectivity index (χ1) is 19.5. The molecular formula is C30H46Cl4N6O4. The second-order valence-corrected chi connectivity index (χ2v) is 10.5. The molecule has 248 valence electrons. The van der Waals surface area contributed by atoms with Crippen LogP contribution in [0, 0.1) is 0 Å². The minimum absolute atomic E-state index is 0. The number of imide groups is 2. The van der Waals surface area contributed by atoms with Gasteiger partial charge in [0.1, 0.15) is 0 Å². The lowest BCUT2D eigenvalue weighted by atomic mass is 9.86. The standard InChI is InChI=1S/C30H42N6O4.4ClH/c31-13-1-3-15-33-17-5-7-19-35-27(37)21-9-11-23-26-24(12-10-22(25(21)26)28(35)38)30(40)36(29(23)39)20-8-6-18-34-16-4-2-14-32;;;;/h9-12,33-34H,1-8,13-20,31-32H2;4*1H. The molecule has 0 saturated heterocycles. The summed E-state index contributed by atoms with van der Waals surface area (Å²) in [4.78, 5) is 56.1. The highest BCUT2D eigenvalue weighted by Gasteiger charge is 2.39. The van der Waals surface area contributed by atoms with Crippen LogP contribution in [-0.2, 0) is 0 Å². The number of benzene rings is 2. The maximum atomic E-state index is 13.4. The van der Waals surface area contributed by atoms with Gasteiger partial charge in [-0.25, -0.2) is 0 Å². The van der Waals surface area contributed by atoms with E-state index in [1.807, 2.05) is 0 Å². The number of amides is 4. The third kappa shape index (κ3) is 9.50. The zero-order valence-corrected chi connectivity index (χ0v) is 28.2. The van der Waals surface area contributed by atoms with Crippen molar-refractivity contribution in [2.45, 2.75) is 51.4 Å². The normalized spacial score (nSPS) is 13.3. The Morgan fingerprint density at radius 3 is 1.00 bits per heavy atom. The number of unbranched alkanes of at least 4 members (excludes halogenated alkanes) is 4. The van der Waals surface area contributed by atoms with Crippen LogP contribution in [-0.4, -0.2) is 85.8 Å². The molecule has 0 aliphatic carbocycles. The van der Waals surface area contributed by atoms with Crippen LogP contribution in [0.4, 0.5) is 0 Å². The van der Waals surface area contributed by atoms with Crippen LogP contribution >= 0.6 is 49.6 Å². The molecule has 6 N–H and O–H groups in total. The highest BCUT2D eigenvalue weighted by Crippen LogP contribution is 2.37. The lowest BCUT2D eigenvalue weighted by molar-refractivity contribution is 0.0586. The van der Waals surface area contributed by atoms with Gasteiger partial charge >= 0.3 is 0 Å². The molecule has 44 heavy (non-hydrogen) atoms. The van der Waals surface area contributed by atoms with Crippen molar-refractivity contribution in [2.24, 2.45) is 11.5 Å². The Morgan fingerprint density at radius 1 is 0.455 bits per heavy atom. The smallest absolute Gasteiger partial charge is 0.261 e. The molecule has 0 bridgehead atoms. The lowest BCUT2D eigenvalue weighted by Crippen LogP contribution is -2.43. The average Bonchev–Trinajstić information content (AvgIpc) is 2.96. The number of halogens is 4. The maximum absolute atomic E-state index is 13.4. The Labute approximate surface area is 284 Å². The summed E-state index contributed by atoms with van der Waals surface area (Å²) in [6.45, 7) is 5.44. The molecule has 0 spiro atoms. The average molecular weight is 697 g/mol. The minimum atomic E-state index is -0.376. The number of rotatable bonds is 18. The van der Waals surface area contributed by atoms with Crippen LogP contribution in [0.3, 0.4) is 0 Å². The van der Waals surface area contributed by atoms with Gasteiger partial charge in [-0.15, -0.1) is 49.6 Å². The molecule has 2 aliphatic heterocycles. The van der Waals surface area contributed by atoms with Crippen LogP contribution in [0.2, 0.25) is 0 Å². The van der Waals surface area contributed by atoms with Crippen molar-refractivity contribution in [3.63, 3.8) is 0 Å². The van der Waals surface area contributed by atoms with E-state index in [9.17, 15) is 19.2 Å².